The maximum absolute atomic E-state index is 9.10. The molecule has 1 aromatic heterocycles. The number of fused-ring (bicyclic) bond motifs is 1. The van der Waals surface area contributed by atoms with Crippen molar-refractivity contribution in [2.24, 2.45) is 0 Å². The van der Waals surface area contributed by atoms with Gasteiger partial charge in [-0.25, -0.2) is 4.98 Å². The van der Waals surface area contributed by atoms with E-state index >= 15 is 0 Å². The van der Waals surface area contributed by atoms with Gasteiger partial charge in [0.1, 0.15) is 0 Å². The highest BCUT2D eigenvalue weighted by atomic mass is 16.3. The van der Waals surface area contributed by atoms with E-state index in [9.17, 15) is 0 Å². The molecule has 0 atom stereocenters. The van der Waals surface area contributed by atoms with Crippen molar-refractivity contribution >= 4 is 11.0 Å². The standard InChI is InChI=1S/C28H32N4O/c33-19-7-14-32-22-29-26-20-23(12-13-27(26)32)21-30-15-17-31(18-16-30)28(24-8-3-1-4-9-24)25-10-5-2-6-11-25/h1-6,8-13,20,22,28,33H,7,14-19,21H2. The van der Waals surface area contributed by atoms with E-state index in [2.05, 4.69) is 98.2 Å². The minimum atomic E-state index is 0.207. The van der Waals surface area contributed by atoms with Gasteiger partial charge < -0.3 is 9.67 Å². The van der Waals surface area contributed by atoms with E-state index < -0.39 is 0 Å². The van der Waals surface area contributed by atoms with Crippen molar-refractivity contribution in [3.05, 3.63) is 102 Å². The van der Waals surface area contributed by atoms with Gasteiger partial charge in [-0.3, -0.25) is 9.80 Å². The molecule has 1 saturated heterocycles. The molecule has 1 aliphatic heterocycles. The smallest absolute Gasteiger partial charge is 0.0958 e. The van der Waals surface area contributed by atoms with Gasteiger partial charge in [0.05, 0.1) is 23.4 Å². The normalized spacial score (nSPS) is 15.5. The van der Waals surface area contributed by atoms with Crippen molar-refractivity contribution in [3.8, 4) is 0 Å². The molecule has 1 N–H and O–H groups in total. The molecule has 0 bridgehead atoms. The lowest BCUT2D eigenvalue weighted by Gasteiger charge is -2.39. The summed E-state index contributed by atoms with van der Waals surface area (Å²) >= 11 is 0. The molecule has 5 rings (SSSR count). The van der Waals surface area contributed by atoms with Crippen LogP contribution < -0.4 is 0 Å². The highest BCUT2D eigenvalue weighted by Gasteiger charge is 2.26. The predicted octanol–water partition coefficient (Wildman–Crippen LogP) is 4.33. The fraction of sp³-hybridized carbons (Fsp3) is 0.321. The number of nitrogens with zero attached hydrogens (tertiary/aromatic N) is 4. The molecule has 0 aliphatic carbocycles. The number of aliphatic hydroxyl groups is 1. The Morgan fingerprint density at radius 3 is 2.12 bits per heavy atom. The number of aromatic nitrogens is 2. The minimum Gasteiger partial charge on any atom is -0.396 e. The average molecular weight is 441 g/mol. The first kappa shape index (κ1) is 21.8. The Kier molecular flexibility index (Phi) is 6.81. The molecular formula is C28H32N4O. The Labute approximate surface area is 195 Å². The lowest BCUT2D eigenvalue weighted by Crippen LogP contribution is -2.47. The first-order valence-corrected chi connectivity index (χ1v) is 11.9. The molecule has 170 valence electrons. The number of rotatable bonds is 8. The van der Waals surface area contributed by atoms with Crippen LogP contribution in [0, 0.1) is 0 Å². The fourth-order valence-corrected chi connectivity index (χ4v) is 4.95. The van der Waals surface area contributed by atoms with Crippen LogP contribution in [0.4, 0.5) is 0 Å². The molecule has 5 nitrogen and oxygen atoms in total. The van der Waals surface area contributed by atoms with Crippen molar-refractivity contribution in [2.75, 3.05) is 32.8 Å². The van der Waals surface area contributed by atoms with E-state index in [1.165, 1.54) is 16.7 Å². The summed E-state index contributed by atoms with van der Waals surface area (Å²) in [5, 5.41) is 9.10. The zero-order valence-corrected chi connectivity index (χ0v) is 19.1. The van der Waals surface area contributed by atoms with E-state index in [0.717, 1.165) is 56.7 Å². The molecule has 0 amide bonds. The second-order valence-electron chi connectivity index (χ2n) is 8.87. The highest BCUT2D eigenvalue weighted by Crippen LogP contribution is 2.29. The highest BCUT2D eigenvalue weighted by molar-refractivity contribution is 5.76. The Hall–Kier alpha value is -2.99. The molecular weight excluding hydrogens is 408 g/mol. The number of benzene rings is 3. The largest absolute Gasteiger partial charge is 0.396 e. The number of hydrogen-bond acceptors (Lipinski definition) is 4. The zero-order chi connectivity index (χ0) is 22.5. The van der Waals surface area contributed by atoms with Gasteiger partial charge in [0.25, 0.3) is 0 Å². The van der Waals surface area contributed by atoms with Crippen molar-refractivity contribution in [1.82, 2.24) is 19.4 Å². The van der Waals surface area contributed by atoms with Gasteiger partial charge in [-0.15, -0.1) is 0 Å². The van der Waals surface area contributed by atoms with Crippen molar-refractivity contribution in [3.63, 3.8) is 0 Å². The van der Waals surface area contributed by atoms with Gasteiger partial charge in [-0.1, -0.05) is 66.7 Å². The van der Waals surface area contributed by atoms with E-state index in [0.29, 0.717) is 6.04 Å². The van der Waals surface area contributed by atoms with Crippen LogP contribution in [0.5, 0.6) is 0 Å². The molecule has 5 heteroatoms. The van der Waals surface area contributed by atoms with E-state index in [1.807, 2.05) is 6.33 Å². The summed E-state index contributed by atoms with van der Waals surface area (Å²) < 4.78 is 2.13. The molecule has 0 saturated carbocycles. The van der Waals surface area contributed by atoms with Crippen LogP contribution in [-0.4, -0.2) is 57.2 Å². The molecule has 2 heterocycles. The molecule has 0 spiro atoms. The molecule has 3 aromatic carbocycles. The van der Waals surface area contributed by atoms with Crippen LogP contribution in [0.25, 0.3) is 11.0 Å². The minimum absolute atomic E-state index is 0.207. The summed E-state index contributed by atoms with van der Waals surface area (Å²) in [6.07, 6.45) is 2.64. The van der Waals surface area contributed by atoms with E-state index in [-0.39, 0.29) is 6.61 Å². The second kappa shape index (κ2) is 10.3. The van der Waals surface area contributed by atoms with Gasteiger partial charge in [-0.05, 0) is 35.2 Å². The molecule has 33 heavy (non-hydrogen) atoms. The lowest BCUT2D eigenvalue weighted by molar-refractivity contribution is 0.105. The number of aryl methyl sites for hydroxylation is 1. The summed E-state index contributed by atoms with van der Waals surface area (Å²) in [5.74, 6) is 0. The Morgan fingerprint density at radius 2 is 1.48 bits per heavy atom. The quantitative estimate of drug-likeness (QED) is 0.443. The summed E-state index contributed by atoms with van der Waals surface area (Å²) in [4.78, 5) is 9.75. The van der Waals surface area contributed by atoms with Crippen LogP contribution in [0.1, 0.15) is 29.2 Å². The molecule has 1 aliphatic rings. The van der Waals surface area contributed by atoms with Crippen LogP contribution in [0.3, 0.4) is 0 Å². The second-order valence-corrected chi connectivity index (χ2v) is 8.87. The monoisotopic (exact) mass is 440 g/mol. The lowest BCUT2D eigenvalue weighted by atomic mass is 9.96. The maximum Gasteiger partial charge on any atom is 0.0958 e. The molecule has 0 unspecified atom stereocenters. The number of aliphatic hydroxyl groups excluding tert-OH is 1. The SMILES string of the molecule is OCCCn1cnc2cc(CN3CCN(C(c4ccccc4)c4ccccc4)CC3)ccc21. The first-order valence-electron chi connectivity index (χ1n) is 11.9. The van der Waals surface area contributed by atoms with E-state index in [1.54, 1.807) is 0 Å². The van der Waals surface area contributed by atoms with Gasteiger partial charge in [0.15, 0.2) is 0 Å². The van der Waals surface area contributed by atoms with Gasteiger partial charge in [-0.2, -0.15) is 0 Å². The average Bonchev–Trinajstić information content (AvgIpc) is 3.27. The molecule has 4 aromatic rings. The summed E-state index contributed by atoms with van der Waals surface area (Å²) in [5.41, 5.74) is 6.22. The Morgan fingerprint density at radius 1 is 0.818 bits per heavy atom. The summed E-state index contributed by atoms with van der Waals surface area (Å²) in [6, 6.07) is 28.7. The van der Waals surface area contributed by atoms with Gasteiger partial charge in [0, 0.05) is 45.9 Å². The Bertz CT molecular complexity index is 1110. The van der Waals surface area contributed by atoms with Crippen LogP contribution in [0.15, 0.2) is 85.2 Å². The number of piperazine rings is 1. The predicted molar refractivity (Wildman–Crippen MR) is 133 cm³/mol. The van der Waals surface area contributed by atoms with Crippen molar-refractivity contribution < 1.29 is 5.11 Å². The van der Waals surface area contributed by atoms with Crippen molar-refractivity contribution in [1.29, 1.82) is 0 Å². The maximum atomic E-state index is 9.10. The number of imidazole rings is 1. The van der Waals surface area contributed by atoms with Crippen molar-refractivity contribution in [2.45, 2.75) is 25.6 Å². The molecule has 1 fully saturated rings. The first-order chi connectivity index (χ1) is 16.3. The third-order valence-corrected chi connectivity index (χ3v) is 6.65. The van der Waals surface area contributed by atoms with Gasteiger partial charge >= 0.3 is 0 Å². The fourth-order valence-electron chi connectivity index (χ4n) is 4.95. The van der Waals surface area contributed by atoms with E-state index in [4.69, 9.17) is 5.11 Å². The molecule has 0 radical (unpaired) electrons. The van der Waals surface area contributed by atoms with Gasteiger partial charge in [0.2, 0.25) is 0 Å². The van der Waals surface area contributed by atoms with Crippen LogP contribution >= 0.6 is 0 Å². The van der Waals surface area contributed by atoms with Crippen LogP contribution in [-0.2, 0) is 13.1 Å². The van der Waals surface area contributed by atoms with Crippen LogP contribution in [0.2, 0.25) is 0 Å². The topological polar surface area (TPSA) is 44.5 Å². The third kappa shape index (κ3) is 5.01. The summed E-state index contributed by atoms with van der Waals surface area (Å²) in [6.45, 7) is 6.17. The summed E-state index contributed by atoms with van der Waals surface area (Å²) in [7, 11) is 0. The third-order valence-electron chi connectivity index (χ3n) is 6.65. The Balaban J connectivity index is 1.25. The zero-order valence-electron chi connectivity index (χ0n) is 19.1. The number of hydrogen-bond donors (Lipinski definition) is 1.